The van der Waals surface area contributed by atoms with Crippen molar-refractivity contribution >= 4 is 11.9 Å². The highest BCUT2D eigenvalue weighted by Gasteiger charge is 2.48. The molecule has 0 aliphatic carbocycles. The first-order chi connectivity index (χ1) is 8.59. The quantitative estimate of drug-likeness (QED) is 0.705. The van der Waals surface area contributed by atoms with Crippen LogP contribution >= 0.6 is 0 Å². The van der Waals surface area contributed by atoms with Crippen molar-refractivity contribution in [3.63, 3.8) is 0 Å². The summed E-state index contributed by atoms with van der Waals surface area (Å²) < 4.78 is 0. The third-order valence-corrected chi connectivity index (χ3v) is 4.93. The van der Waals surface area contributed by atoms with Gasteiger partial charge in [0.1, 0.15) is 0 Å². The normalized spacial score (nSPS) is 24.3. The molecular weight excluding hydrogens is 244 g/mol. The second kappa shape index (κ2) is 5.12. The third kappa shape index (κ3) is 2.76. The molecule has 1 saturated heterocycles. The molecule has 110 valence electrons. The zero-order valence-corrected chi connectivity index (χ0v) is 12.6. The first-order valence-corrected chi connectivity index (χ1v) is 6.86. The molecule has 0 spiro atoms. The lowest BCUT2D eigenvalue weighted by Crippen LogP contribution is -2.60. The van der Waals surface area contributed by atoms with E-state index in [1.54, 1.807) is 27.7 Å². The Bertz CT molecular complexity index is 369. The van der Waals surface area contributed by atoms with E-state index in [1.165, 1.54) is 0 Å². The first-order valence-electron chi connectivity index (χ1n) is 6.86. The van der Waals surface area contributed by atoms with E-state index in [-0.39, 0.29) is 5.91 Å². The van der Waals surface area contributed by atoms with Crippen molar-refractivity contribution in [3.8, 4) is 0 Å². The minimum absolute atomic E-state index is 0.0423. The molecule has 1 rings (SSSR count). The van der Waals surface area contributed by atoms with Gasteiger partial charge in [0, 0.05) is 12.1 Å². The highest BCUT2D eigenvalue weighted by atomic mass is 16.4. The lowest BCUT2D eigenvalue weighted by atomic mass is 9.73. The first kappa shape index (κ1) is 16.0. The van der Waals surface area contributed by atoms with E-state index in [4.69, 9.17) is 0 Å². The number of nitrogens with one attached hydrogen (secondary N) is 2. The molecule has 1 unspecified atom stereocenters. The molecule has 0 bridgehead atoms. The molecule has 0 aromatic carbocycles. The molecule has 1 aliphatic rings. The van der Waals surface area contributed by atoms with E-state index in [9.17, 15) is 14.7 Å². The molecule has 0 radical (unpaired) electrons. The second-order valence-electron chi connectivity index (χ2n) is 6.57. The number of carbonyl (C=O) groups is 2. The van der Waals surface area contributed by atoms with Gasteiger partial charge in [-0.1, -0.05) is 6.92 Å². The van der Waals surface area contributed by atoms with Crippen LogP contribution in [0.5, 0.6) is 0 Å². The number of hydrogen-bond acceptors (Lipinski definition) is 3. The molecule has 1 atom stereocenters. The van der Waals surface area contributed by atoms with Crippen LogP contribution in [0.3, 0.4) is 0 Å². The maximum absolute atomic E-state index is 12.5. The number of rotatable bonds is 5. The van der Waals surface area contributed by atoms with Crippen molar-refractivity contribution in [2.75, 3.05) is 13.1 Å². The van der Waals surface area contributed by atoms with Gasteiger partial charge >= 0.3 is 5.97 Å². The van der Waals surface area contributed by atoms with Crippen LogP contribution in [0, 0.1) is 10.8 Å². The molecule has 19 heavy (non-hydrogen) atoms. The largest absolute Gasteiger partial charge is 0.481 e. The van der Waals surface area contributed by atoms with E-state index >= 15 is 0 Å². The zero-order chi connectivity index (χ0) is 14.9. The summed E-state index contributed by atoms with van der Waals surface area (Å²) in [6.07, 6.45) is 1.56. The molecule has 0 aromatic heterocycles. The van der Waals surface area contributed by atoms with Crippen molar-refractivity contribution in [3.05, 3.63) is 0 Å². The van der Waals surface area contributed by atoms with Crippen LogP contribution in [-0.2, 0) is 9.59 Å². The third-order valence-electron chi connectivity index (χ3n) is 4.93. The Morgan fingerprint density at radius 1 is 1.32 bits per heavy atom. The van der Waals surface area contributed by atoms with Gasteiger partial charge in [-0.2, -0.15) is 0 Å². The highest BCUT2D eigenvalue weighted by Crippen LogP contribution is 2.35. The van der Waals surface area contributed by atoms with E-state index in [2.05, 4.69) is 10.6 Å². The number of hydrogen-bond donors (Lipinski definition) is 3. The molecule has 0 saturated carbocycles. The van der Waals surface area contributed by atoms with Gasteiger partial charge in [0.15, 0.2) is 0 Å². The molecule has 5 heteroatoms. The number of carboxylic acid groups (broad SMARTS) is 1. The van der Waals surface area contributed by atoms with Crippen LogP contribution in [0.2, 0.25) is 0 Å². The summed E-state index contributed by atoms with van der Waals surface area (Å²) in [6, 6.07) is 0. The predicted octanol–water partition coefficient (Wildman–Crippen LogP) is 1.38. The number of amides is 1. The van der Waals surface area contributed by atoms with Crippen LogP contribution in [0.4, 0.5) is 0 Å². The maximum Gasteiger partial charge on any atom is 0.311 e. The van der Waals surface area contributed by atoms with Crippen LogP contribution in [0.15, 0.2) is 0 Å². The van der Waals surface area contributed by atoms with Crippen LogP contribution < -0.4 is 10.6 Å². The molecular formula is C14H26N2O3. The van der Waals surface area contributed by atoms with Gasteiger partial charge in [0.2, 0.25) is 5.91 Å². The Balaban J connectivity index is 2.89. The van der Waals surface area contributed by atoms with E-state index in [0.717, 1.165) is 19.4 Å². The van der Waals surface area contributed by atoms with E-state index in [0.29, 0.717) is 6.54 Å². The average molecular weight is 270 g/mol. The van der Waals surface area contributed by atoms with Gasteiger partial charge in [0.05, 0.1) is 10.8 Å². The summed E-state index contributed by atoms with van der Waals surface area (Å²) in [5.74, 6) is -0.952. The van der Waals surface area contributed by atoms with Gasteiger partial charge in [-0.15, -0.1) is 0 Å². The number of carboxylic acids is 1. The standard InChI is InChI=1S/C14H26N2O3/c1-6-14(7-8-15-9-14)10(17)16-13(4,5)12(2,3)11(18)19/h15H,6-9H2,1-5H3,(H,16,17)(H,18,19). The Labute approximate surface area is 115 Å². The molecule has 5 nitrogen and oxygen atoms in total. The zero-order valence-electron chi connectivity index (χ0n) is 12.6. The lowest BCUT2D eigenvalue weighted by Gasteiger charge is -2.41. The monoisotopic (exact) mass is 270 g/mol. The van der Waals surface area contributed by atoms with Crippen LogP contribution in [0.1, 0.15) is 47.5 Å². The number of carbonyl (C=O) groups excluding carboxylic acids is 1. The van der Waals surface area contributed by atoms with Gasteiger partial charge in [-0.3, -0.25) is 9.59 Å². The Hall–Kier alpha value is -1.10. The van der Waals surface area contributed by atoms with Crippen molar-refractivity contribution in [2.24, 2.45) is 10.8 Å². The van der Waals surface area contributed by atoms with Gasteiger partial charge in [0.25, 0.3) is 0 Å². The predicted molar refractivity (Wildman–Crippen MR) is 73.8 cm³/mol. The van der Waals surface area contributed by atoms with Crippen LogP contribution in [-0.4, -0.2) is 35.6 Å². The average Bonchev–Trinajstić information content (AvgIpc) is 2.77. The highest BCUT2D eigenvalue weighted by molar-refractivity contribution is 5.85. The lowest BCUT2D eigenvalue weighted by molar-refractivity contribution is -0.152. The Morgan fingerprint density at radius 2 is 1.89 bits per heavy atom. The summed E-state index contributed by atoms with van der Waals surface area (Å²) in [6.45, 7) is 10.3. The van der Waals surface area contributed by atoms with Crippen molar-refractivity contribution in [2.45, 2.75) is 53.0 Å². The fraction of sp³-hybridized carbons (Fsp3) is 0.857. The van der Waals surface area contributed by atoms with Crippen molar-refractivity contribution in [1.29, 1.82) is 0 Å². The maximum atomic E-state index is 12.5. The van der Waals surface area contributed by atoms with E-state index < -0.39 is 22.3 Å². The summed E-state index contributed by atoms with van der Waals surface area (Å²) in [5.41, 5.74) is -2.23. The number of aliphatic carboxylic acids is 1. The van der Waals surface area contributed by atoms with Gasteiger partial charge < -0.3 is 15.7 Å². The summed E-state index contributed by atoms with van der Waals surface area (Å²) in [7, 11) is 0. The van der Waals surface area contributed by atoms with Gasteiger partial charge in [-0.25, -0.2) is 0 Å². The minimum Gasteiger partial charge on any atom is -0.481 e. The smallest absolute Gasteiger partial charge is 0.311 e. The van der Waals surface area contributed by atoms with Gasteiger partial charge in [-0.05, 0) is 47.1 Å². The Morgan fingerprint density at radius 3 is 2.26 bits per heavy atom. The molecule has 1 heterocycles. The van der Waals surface area contributed by atoms with Crippen LogP contribution in [0.25, 0.3) is 0 Å². The summed E-state index contributed by atoms with van der Waals surface area (Å²) in [5, 5.41) is 15.5. The van der Waals surface area contributed by atoms with Crippen molar-refractivity contribution in [1.82, 2.24) is 10.6 Å². The fourth-order valence-electron chi connectivity index (χ4n) is 2.24. The molecule has 1 amide bonds. The summed E-state index contributed by atoms with van der Waals surface area (Å²) in [4.78, 5) is 23.9. The summed E-state index contributed by atoms with van der Waals surface area (Å²) >= 11 is 0. The van der Waals surface area contributed by atoms with Crippen molar-refractivity contribution < 1.29 is 14.7 Å². The molecule has 0 aromatic rings. The minimum atomic E-state index is -1.02. The molecule has 3 N–H and O–H groups in total. The molecule has 1 fully saturated rings. The molecule has 1 aliphatic heterocycles. The second-order valence-corrected chi connectivity index (χ2v) is 6.57. The SMILES string of the molecule is CCC1(C(=O)NC(C)(C)C(C)(C)C(=O)O)CCNC1. The fourth-order valence-corrected chi connectivity index (χ4v) is 2.24. The Kier molecular flexibility index (Phi) is 4.30. The van der Waals surface area contributed by atoms with E-state index in [1.807, 2.05) is 6.92 Å². The topological polar surface area (TPSA) is 78.4 Å².